The topological polar surface area (TPSA) is 269 Å². The number of likely N-dealkylation sites (N-methyl/N-ethyl adjacent to an activating group) is 1. The Morgan fingerprint density at radius 1 is 0.768 bits per heavy atom. The number of amides is 3. The number of hydrogen-bond donors (Lipinski definition) is 5. The summed E-state index contributed by atoms with van der Waals surface area (Å²) in [4.78, 5) is 57.8. The number of carbonyl (C=O) groups excluding carboxylic acids is 3. The Hall–Kier alpha value is -8.39. The molecule has 20 nitrogen and oxygen atoms in total. The summed E-state index contributed by atoms with van der Waals surface area (Å²) in [6.07, 6.45) is 0.784. The minimum atomic E-state index is -4.72. The molecule has 2 bridgehead atoms. The summed E-state index contributed by atoms with van der Waals surface area (Å²) in [5.74, 6) is -3.48. The van der Waals surface area contributed by atoms with Gasteiger partial charge in [0, 0.05) is 119 Å². The molecule has 2 atom stereocenters. The number of fused-ring (bicyclic) bond motifs is 12. The molecule has 0 spiro atoms. The largest absolute Gasteiger partial charge is 0.416 e. The van der Waals surface area contributed by atoms with E-state index in [4.69, 9.17) is 9.97 Å². The van der Waals surface area contributed by atoms with Gasteiger partial charge in [-0.1, -0.05) is 37.1 Å². The fourth-order valence-electron chi connectivity index (χ4n) is 14.1. The number of benzene rings is 4. The highest BCUT2D eigenvalue weighted by Gasteiger charge is 2.47. The fourth-order valence-corrected chi connectivity index (χ4v) is 19.2. The lowest BCUT2D eigenvalue weighted by Gasteiger charge is -2.48. The number of unbranched alkanes of at least 4 members (excludes halogenated alkanes) is 3. The van der Waals surface area contributed by atoms with Crippen LogP contribution in [0.15, 0.2) is 110 Å². The predicted octanol–water partition coefficient (Wildman–Crippen LogP) is 13.8. The molecule has 1 aliphatic carbocycles. The number of sulfone groups is 1. The lowest BCUT2D eigenvalue weighted by atomic mass is 9.75. The number of nitrogens with one attached hydrogen (secondary N) is 3. The van der Waals surface area contributed by atoms with Crippen molar-refractivity contribution in [1.82, 2.24) is 20.2 Å². The van der Waals surface area contributed by atoms with Gasteiger partial charge in [0.15, 0.2) is 27.3 Å². The van der Waals surface area contributed by atoms with Gasteiger partial charge < -0.3 is 30.7 Å². The molecule has 520 valence electrons. The Bertz CT molecular complexity index is 5120. The lowest BCUT2D eigenvalue weighted by Crippen LogP contribution is -2.48. The van der Waals surface area contributed by atoms with E-state index in [-0.39, 0.29) is 85.2 Å². The Balaban J connectivity index is 0.686. The molecule has 5 N–H and O–H groups in total. The van der Waals surface area contributed by atoms with E-state index in [0.717, 1.165) is 46.6 Å². The van der Waals surface area contributed by atoms with Crippen molar-refractivity contribution in [3.63, 3.8) is 0 Å². The molecule has 0 saturated carbocycles. The molecule has 30 heteroatoms. The summed E-state index contributed by atoms with van der Waals surface area (Å²) < 4.78 is 175. The van der Waals surface area contributed by atoms with E-state index in [1.165, 1.54) is 18.2 Å². The maximum absolute atomic E-state index is 18.2. The van der Waals surface area contributed by atoms with Gasteiger partial charge in [0.2, 0.25) is 5.91 Å². The quantitative estimate of drug-likeness (QED) is 0.0303. The van der Waals surface area contributed by atoms with Crippen molar-refractivity contribution in [2.45, 2.75) is 128 Å². The van der Waals surface area contributed by atoms with Crippen LogP contribution in [0.5, 0.6) is 0 Å². The van der Waals surface area contributed by atoms with Crippen molar-refractivity contribution in [2.24, 2.45) is 0 Å². The number of alkyl halides is 3. The Morgan fingerprint density at radius 2 is 1.45 bits per heavy atom. The molecule has 1 saturated heterocycles. The summed E-state index contributed by atoms with van der Waals surface area (Å²) >= 11 is 1.65. The molecular formula is C69H68F5N9O11S5. The number of anilines is 5. The summed E-state index contributed by atoms with van der Waals surface area (Å²) in [5, 5.41) is 8.69. The molecule has 4 aromatic heterocycles. The number of hydrogen-bond acceptors (Lipinski definition) is 17. The number of thiophene rings is 2. The van der Waals surface area contributed by atoms with E-state index in [1.54, 1.807) is 72.6 Å². The van der Waals surface area contributed by atoms with Crippen LogP contribution in [0.4, 0.5) is 55.3 Å². The van der Waals surface area contributed by atoms with E-state index in [1.807, 2.05) is 44.5 Å². The third-order valence-corrected chi connectivity index (χ3v) is 25.9. The van der Waals surface area contributed by atoms with Crippen molar-refractivity contribution >= 4 is 116 Å². The molecule has 4 aliphatic heterocycles. The van der Waals surface area contributed by atoms with Gasteiger partial charge in [0.25, 0.3) is 0 Å². The van der Waals surface area contributed by atoms with Crippen LogP contribution in [-0.4, -0.2) is 113 Å². The fraction of sp³-hybridized carbons (Fsp3) is 0.348. The minimum absolute atomic E-state index is 0.0217. The smallest absolute Gasteiger partial charge is 0.375 e. The van der Waals surface area contributed by atoms with Gasteiger partial charge in [-0.3, -0.25) is 23.6 Å². The second-order valence-corrected chi connectivity index (χ2v) is 34.1. The number of ketones is 1. The molecule has 1 fully saturated rings. The normalized spacial score (nSPS) is 17.5. The zero-order chi connectivity index (χ0) is 71.0. The first-order valence-electron chi connectivity index (χ1n) is 31.8. The summed E-state index contributed by atoms with van der Waals surface area (Å²) in [6, 6.07) is 21.3. The average molecular weight is 1450 g/mol. The van der Waals surface area contributed by atoms with Crippen molar-refractivity contribution in [2.75, 3.05) is 65.3 Å². The van der Waals surface area contributed by atoms with Crippen LogP contribution in [0.3, 0.4) is 0 Å². The number of pyridine rings is 2. The van der Waals surface area contributed by atoms with E-state index in [2.05, 4.69) is 20.9 Å². The Morgan fingerprint density at radius 3 is 2.15 bits per heavy atom. The molecule has 5 aliphatic rings. The van der Waals surface area contributed by atoms with E-state index < -0.39 is 99.2 Å². The standard InChI is InChI=1S/C69H68F5N9O11S5/c1-67(2)46-28-57(98(89,90)91)95-62(46)44-26-42-50(31-54(44)80(67)5)78-51-32-55-45(63-47(68(3,4)81(55)6)29-58(96-63)99(92,93)94)27-43(51)59(42)60-61(71)52(30-48(70)64(60)97(7,87)88)75-34-41(84)15-10-8-9-11-16-56(85)76-33-36-17-19-39(20-18-36)77-66(86)83-40-23-24-82(35-40)53-22-21-49(79-65(53)83)37-13-12-14-38(25-37)69(72,73)74/h12-14,17-22,25-26,28-32,40,45,75H,8-11,15-16,23-24,27,33-35H2,1-7H3,(H,76,85)(H,77,86)(H,89,90,91)(H,92,93,94). The molecule has 8 heterocycles. The first-order chi connectivity index (χ1) is 46.5. The third kappa shape index (κ3) is 12.7. The van der Waals surface area contributed by atoms with E-state index in [9.17, 15) is 61.9 Å². The number of urea groups is 1. The highest BCUT2D eigenvalue weighted by Crippen LogP contribution is 2.57. The Labute approximate surface area is 576 Å². The van der Waals surface area contributed by atoms with Gasteiger partial charge in [-0.25, -0.2) is 32.0 Å². The van der Waals surface area contributed by atoms with Gasteiger partial charge >= 0.3 is 32.4 Å². The van der Waals surface area contributed by atoms with Crippen molar-refractivity contribution in [1.29, 1.82) is 0 Å². The van der Waals surface area contributed by atoms with Crippen molar-refractivity contribution in [3.05, 3.63) is 147 Å². The molecule has 99 heavy (non-hydrogen) atoms. The monoisotopic (exact) mass is 1450 g/mol. The van der Waals surface area contributed by atoms with Crippen LogP contribution in [0.2, 0.25) is 0 Å². The Kier molecular flexibility index (Phi) is 17.5. The zero-order valence-electron chi connectivity index (χ0n) is 54.6. The average Bonchev–Trinajstić information content (AvgIpc) is 1.68. The number of carbonyl (C=O) groups is 3. The van der Waals surface area contributed by atoms with Crippen molar-refractivity contribution < 1.29 is 70.7 Å². The number of allylic oxidation sites excluding steroid dienone is 1. The summed E-state index contributed by atoms with van der Waals surface area (Å²) in [5.41, 5.74) is 2.13. The van der Waals surface area contributed by atoms with Crippen LogP contribution in [0, 0.1) is 11.6 Å². The first kappa shape index (κ1) is 69.1. The number of Topliss-reactive ketones (excluding diaryl/α,β-unsaturated/α-hetero) is 1. The maximum Gasteiger partial charge on any atom is 0.416 e. The zero-order valence-corrected chi connectivity index (χ0v) is 58.6. The van der Waals surface area contributed by atoms with Crippen LogP contribution in [-0.2, 0) is 69.9 Å². The predicted molar refractivity (Wildman–Crippen MR) is 370 cm³/mol. The number of nitrogens with zero attached hydrogens (tertiary/aromatic N) is 6. The van der Waals surface area contributed by atoms with E-state index >= 15 is 8.78 Å². The molecule has 2 unspecified atom stereocenters. The van der Waals surface area contributed by atoms with Gasteiger partial charge in [-0.05, 0) is 142 Å². The van der Waals surface area contributed by atoms with Crippen LogP contribution in [0.1, 0.15) is 117 Å². The number of halogens is 5. The third-order valence-electron chi connectivity index (χ3n) is 19.8. The summed E-state index contributed by atoms with van der Waals surface area (Å²) in [6.45, 7) is 8.45. The highest BCUT2D eigenvalue weighted by atomic mass is 32.3. The molecule has 4 aromatic carbocycles. The maximum atomic E-state index is 18.2. The van der Waals surface area contributed by atoms with Crippen LogP contribution in [0.25, 0.3) is 49.8 Å². The van der Waals surface area contributed by atoms with Gasteiger partial charge in [-0.15, -0.1) is 22.7 Å². The second-order valence-electron chi connectivity index (χ2n) is 26.7. The molecular weight excluding hydrogens is 1390 g/mol. The van der Waals surface area contributed by atoms with Crippen molar-refractivity contribution in [3.8, 4) is 32.8 Å². The van der Waals surface area contributed by atoms with E-state index in [0.29, 0.717) is 112 Å². The number of rotatable bonds is 18. The van der Waals surface area contributed by atoms with Gasteiger partial charge in [0.1, 0.15) is 19.1 Å². The molecule has 3 amide bonds. The molecule has 0 radical (unpaired) electrons. The molecule has 13 rings (SSSR count). The summed E-state index contributed by atoms with van der Waals surface area (Å²) in [7, 11) is -10.5. The number of aromatic nitrogens is 2. The minimum Gasteiger partial charge on any atom is -0.375 e. The highest BCUT2D eigenvalue weighted by molar-refractivity contribution is 7.91. The van der Waals surface area contributed by atoms with Gasteiger partial charge in [0.05, 0.1) is 57.5 Å². The van der Waals surface area contributed by atoms with Gasteiger partial charge in [-0.2, -0.15) is 30.0 Å². The lowest BCUT2D eigenvalue weighted by molar-refractivity contribution is -0.137. The van der Waals surface area contributed by atoms with Crippen LogP contribution >= 0.6 is 22.7 Å². The SMILES string of the molecule is CN1C2=Cc3nc4cc5c(cc4c(-c4c(F)c(NCC(=O)CCCCCCC(=O)NCc6ccc(NC(=O)N7c8nc(-c9cccc(C(F)(F)F)c9)ccc8N8CCC7C8)cc6)cc(F)c4S(C)(=O)=O)c3CC2c2sc(S(=O)(=O)O)cc2C1(C)C)-c1sc(S(=O)(=O)O)cc1C(C)(C)N5C. The second kappa shape index (κ2) is 25.0. The van der Waals surface area contributed by atoms with Crippen LogP contribution < -0.4 is 30.7 Å². The molecule has 8 aromatic rings. The first-order valence-corrected chi connectivity index (χ1v) is 38.2.